The second-order valence-electron chi connectivity index (χ2n) is 5.30. The minimum absolute atomic E-state index is 0.0504. The van der Waals surface area contributed by atoms with Crippen molar-refractivity contribution in [1.82, 2.24) is 5.32 Å². The van der Waals surface area contributed by atoms with Gasteiger partial charge in [0.1, 0.15) is 6.10 Å². The summed E-state index contributed by atoms with van der Waals surface area (Å²) in [5.41, 5.74) is 0.717. The van der Waals surface area contributed by atoms with E-state index in [4.69, 9.17) is 4.74 Å². The van der Waals surface area contributed by atoms with Gasteiger partial charge < -0.3 is 10.1 Å². The van der Waals surface area contributed by atoms with Gasteiger partial charge in [0, 0.05) is 24.6 Å². The topological polar surface area (TPSA) is 67.4 Å². The lowest BCUT2D eigenvalue weighted by Gasteiger charge is -2.29. The summed E-state index contributed by atoms with van der Waals surface area (Å²) in [5.74, 6) is 0.0504. The van der Waals surface area contributed by atoms with Gasteiger partial charge >= 0.3 is 6.09 Å². The molecule has 21 heavy (non-hydrogen) atoms. The van der Waals surface area contributed by atoms with E-state index < -0.39 is 6.09 Å². The predicted molar refractivity (Wildman–Crippen MR) is 81.0 cm³/mol. The molecule has 5 nitrogen and oxygen atoms in total. The molecule has 1 saturated carbocycles. The fourth-order valence-electron chi connectivity index (χ4n) is 2.53. The average Bonchev–Trinajstić information content (AvgIpc) is 2.48. The quantitative estimate of drug-likeness (QED) is 0.895. The Hall–Kier alpha value is -2.04. The van der Waals surface area contributed by atoms with Gasteiger partial charge in [0.05, 0.1) is 0 Å². The molecule has 0 saturated heterocycles. The molecule has 2 unspecified atom stereocenters. The lowest BCUT2D eigenvalue weighted by atomic mass is 9.93. The first-order chi connectivity index (χ1) is 10.2. The SMILES string of the molecule is CCC(=O)NC1CCCC(OC(=O)Nc2ccccc2)C1. The first-order valence-corrected chi connectivity index (χ1v) is 7.49. The Morgan fingerprint density at radius 1 is 1.24 bits per heavy atom. The summed E-state index contributed by atoms with van der Waals surface area (Å²) in [6.07, 6.45) is 3.35. The van der Waals surface area contributed by atoms with Crippen molar-refractivity contribution in [2.24, 2.45) is 0 Å². The van der Waals surface area contributed by atoms with Crippen LogP contribution in [0.15, 0.2) is 30.3 Å². The van der Waals surface area contributed by atoms with Crippen LogP contribution < -0.4 is 10.6 Å². The summed E-state index contributed by atoms with van der Waals surface area (Å²) in [6.45, 7) is 1.83. The van der Waals surface area contributed by atoms with Crippen LogP contribution in [0.4, 0.5) is 10.5 Å². The Labute approximate surface area is 125 Å². The number of nitrogens with one attached hydrogen (secondary N) is 2. The maximum Gasteiger partial charge on any atom is 0.411 e. The van der Waals surface area contributed by atoms with Crippen molar-refractivity contribution in [2.45, 2.75) is 51.2 Å². The molecule has 114 valence electrons. The van der Waals surface area contributed by atoms with Gasteiger partial charge in [0.15, 0.2) is 0 Å². The Bertz CT molecular complexity index is 476. The maximum absolute atomic E-state index is 11.8. The zero-order chi connectivity index (χ0) is 15.1. The molecular weight excluding hydrogens is 268 g/mol. The normalized spacial score (nSPS) is 21.4. The molecule has 0 aromatic heterocycles. The number of carbonyl (C=O) groups is 2. The minimum Gasteiger partial charge on any atom is -0.446 e. The number of benzene rings is 1. The Morgan fingerprint density at radius 3 is 2.71 bits per heavy atom. The largest absolute Gasteiger partial charge is 0.446 e. The van der Waals surface area contributed by atoms with Crippen LogP contribution in [0.2, 0.25) is 0 Å². The van der Waals surface area contributed by atoms with E-state index in [0.717, 1.165) is 19.3 Å². The molecule has 0 heterocycles. The van der Waals surface area contributed by atoms with Gasteiger partial charge in [-0.1, -0.05) is 25.1 Å². The molecule has 0 aliphatic heterocycles. The second kappa shape index (κ2) is 7.67. The van der Waals surface area contributed by atoms with E-state index in [9.17, 15) is 9.59 Å². The third-order valence-corrected chi connectivity index (χ3v) is 3.61. The van der Waals surface area contributed by atoms with Gasteiger partial charge in [-0.25, -0.2) is 4.79 Å². The third kappa shape index (κ3) is 5.10. The molecule has 1 aliphatic rings. The number of ether oxygens (including phenoxy) is 1. The summed E-state index contributed by atoms with van der Waals surface area (Å²) in [6, 6.07) is 9.33. The molecule has 1 aromatic carbocycles. The number of hydrogen-bond acceptors (Lipinski definition) is 3. The molecule has 1 aromatic rings. The first kappa shape index (κ1) is 15.4. The molecule has 1 fully saturated rings. The lowest BCUT2D eigenvalue weighted by Crippen LogP contribution is -2.41. The van der Waals surface area contributed by atoms with Crippen molar-refractivity contribution < 1.29 is 14.3 Å². The number of para-hydroxylation sites is 1. The van der Waals surface area contributed by atoms with E-state index in [1.54, 1.807) is 0 Å². The Morgan fingerprint density at radius 2 is 2.00 bits per heavy atom. The zero-order valence-electron chi connectivity index (χ0n) is 12.3. The molecule has 0 spiro atoms. The van der Waals surface area contributed by atoms with E-state index >= 15 is 0 Å². The molecule has 2 amide bonds. The molecular formula is C16H22N2O3. The number of rotatable bonds is 4. The van der Waals surface area contributed by atoms with Crippen LogP contribution in [0.1, 0.15) is 39.0 Å². The van der Waals surface area contributed by atoms with Crippen LogP contribution in [0.3, 0.4) is 0 Å². The van der Waals surface area contributed by atoms with Crippen molar-refractivity contribution in [3.05, 3.63) is 30.3 Å². The van der Waals surface area contributed by atoms with Crippen molar-refractivity contribution in [1.29, 1.82) is 0 Å². The van der Waals surface area contributed by atoms with Gasteiger partial charge in [-0.2, -0.15) is 0 Å². The predicted octanol–water partition coefficient (Wildman–Crippen LogP) is 3.07. The smallest absolute Gasteiger partial charge is 0.411 e. The molecule has 0 bridgehead atoms. The third-order valence-electron chi connectivity index (χ3n) is 3.61. The minimum atomic E-state index is -0.436. The highest BCUT2D eigenvalue weighted by atomic mass is 16.6. The second-order valence-corrected chi connectivity index (χ2v) is 5.30. The van der Waals surface area contributed by atoms with E-state index in [1.165, 1.54) is 0 Å². The monoisotopic (exact) mass is 290 g/mol. The van der Waals surface area contributed by atoms with Crippen molar-refractivity contribution in [3.63, 3.8) is 0 Å². The summed E-state index contributed by atoms with van der Waals surface area (Å²) in [4.78, 5) is 23.3. The maximum atomic E-state index is 11.8. The van der Waals surface area contributed by atoms with Crippen LogP contribution in [0, 0.1) is 0 Å². The summed E-state index contributed by atoms with van der Waals surface area (Å²) < 4.78 is 5.44. The number of amides is 2. The molecule has 2 atom stereocenters. The first-order valence-electron chi connectivity index (χ1n) is 7.49. The Balaban J connectivity index is 1.79. The van der Waals surface area contributed by atoms with Gasteiger partial charge in [0.25, 0.3) is 0 Å². The van der Waals surface area contributed by atoms with Crippen molar-refractivity contribution in [2.75, 3.05) is 5.32 Å². The van der Waals surface area contributed by atoms with E-state index in [2.05, 4.69) is 10.6 Å². The molecule has 1 aliphatic carbocycles. The highest BCUT2D eigenvalue weighted by Gasteiger charge is 2.25. The molecule has 0 radical (unpaired) electrons. The molecule has 5 heteroatoms. The lowest BCUT2D eigenvalue weighted by molar-refractivity contribution is -0.121. The van der Waals surface area contributed by atoms with Crippen LogP contribution >= 0.6 is 0 Å². The fourth-order valence-corrected chi connectivity index (χ4v) is 2.53. The van der Waals surface area contributed by atoms with Crippen LogP contribution in [0.25, 0.3) is 0 Å². The highest BCUT2D eigenvalue weighted by Crippen LogP contribution is 2.22. The van der Waals surface area contributed by atoms with Crippen molar-refractivity contribution >= 4 is 17.7 Å². The van der Waals surface area contributed by atoms with E-state index in [1.807, 2.05) is 37.3 Å². The Kier molecular flexibility index (Phi) is 5.60. The standard InChI is InChI=1S/C16H22N2O3/c1-2-15(19)17-13-9-6-10-14(11-13)21-16(20)18-12-7-4-3-5-8-12/h3-5,7-8,13-14H,2,6,9-11H2,1H3,(H,17,19)(H,18,20). The molecule has 2 rings (SSSR count). The van der Waals surface area contributed by atoms with Crippen LogP contribution in [-0.4, -0.2) is 24.1 Å². The van der Waals surface area contributed by atoms with Crippen LogP contribution in [0.5, 0.6) is 0 Å². The van der Waals surface area contributed by atoms with E-state index in [-0.39, 0.29) is 18.1 Å². The molecule has 2 N–H and O–H groups in total. The fraction of sp³-hybridized carbons (Fsp3) is 0.500. The van der Waals surface area contributed by atoms with Gasteiger partial charge in [-0.3, -0.25) is 10.1 Å². The average molecular weight is 290 g/mol. The number of carbonyl (C=O) groups excluding carboxylic acids is 2. The summed E-state index contributed by atoms with van der Waals surface area (Å²) in [5, 5.41) is 5.68. The van der Waals surface area contributed by atoms with Crippen molar-refractivity contribution in [3.8, 4) is 0 Å². The van der Waals surface area contributed by atoms with Gasteiger partial charge in [-0.15, -0.1) is 0 Å². The van der Waals surface area contributed by atoms with Gasteiger partial charge in [0.2, 0.25) is 5.91 Å². The van der Waals surface area contributed by atoms with E-state index in [0.29, 0.717) is 18.5 Å². The van der Waals surface area contributed by atoms with Gasteiger partial charge in [-0.05, 0) is 31.4 Å². The van der Waals surface area contributed by atoms with Crippen LogP contribution in [-0.2, 0) is 9.53 Å². The summed E-state index contributed by atoms with van der Waals surface area (Å²) >= 11 is 0. The summed E-state index contributed by atoms with van der Waals surface area (Å²) in [7, 11) is 0. The highest BCUT2D eigenvalue weighted by molar-refractivity contribution is 5.84. The number of hydrogen-bond donors (Lipinski definition) is 2. The zero-order valence-corrected chi connectivity index (χ0v) is 12.3. The number of anilines is 1.